The zero-order chi connectivity index (χ0) is 11.4. The van der Waals surface area contributed by atoms with Gasteiger partial charge in [0.1, 0.15) is 5.84 Å². The van der Waals surface area contributed by atoms with E-state index in [2.05, 4.69) is 30.8 Å². The predicted octanol–water partition coefficient (Wildman–Crippen LogP) is 2.55. The SMILES string of the molecule is C/C(=N\C(=N)Cl)N(C)C12CC([C@H]1C)[C@H]2C. The van der Waals surface area contributed by atoms with Crippen LogP contribution in [-0.2, 0) is 0 Å². The molecule has 3 nitrogen and oxygen atoms in total. The van der Waals surface area contributed by atoms with E-state index in [0.717, 1.165) is 23.6 Å². The smallest absolute Gasteiger partial charge is 0.216 e. The minimum Gasteiger partial charge on any atom is -0.357 e. The number of hydrogen-bond acceptors (Lipinski definition) is 1. The third-order valence-corrected chi connectivity index (χ3v) is 4.88. The highest BCUT2D eigenvalue weighted by Crippen LogP contribution is 2.68. The fourth-order valence-electron chi connectivity index (χ4n) is 3.52. The van der Waals surface area contributed by atoms with Crippen molar-refractivity contribution in [2.75, 3.05) is 7.05 Å². The van der Waals surface area contributed by atoms with Gasteiger partial charge in [-0.2, -0.15) is 0 Å². The molecule has 0 aromatic rings. The highest BCUT2D eigenvalue weighted by Gasteiger charge is 2.70. The number of halogens is 1. The second-order valence-electron chi connectivity index (χ2n) is 4.95. The fraction of sp³-hybridized carbons (Fsp3) is 0.818. The lowest BCUT2D eigenvalue weighted by Crippen LogP contribution is -2.80. The van der Waals surface area contributed by atoms with E-state index in [0.29, 0.717) is 5.54 Å². The lowest BCUT2D eigenvalue weighted by atomic mass is 9.36. The van der Waals surface area contributed by atoms with Crippen LogP contribution in [0.2, 0.25) is 0 Å². The van der Waals surface area contributed by atoms with E-state index in [-0.39, 0.29) is 5.29 Å². The van der Waals surface area contributed by atoms with E-state index in [1.807, 2.05) is 6.92 Å². The molecule has 1 N–H and O–H groups in total. The van der Waals surface area contributed by atoms with Gasteiger partial charge in [-0.3, -0.25) is 5.41 Å². The summed E-state index contributed by atoms with van der Waals surface area (Å²) in [5.74, 6) is 3.27. The van der Waals surface area contributed by atoms with Crippen molar-refractivity contribution in [3.8, 4) is 0 Å². The quantitative estimate of drug-likeness (QED) is 0.418. The number of amidine groups is 2. The molecule has 2 bridgehead atoms. The highest BCUT2D eigenvalue weighted by molar-refractivity contribution is 6.64. The van der Waals surface area contributed by atoms with Gasteiger partial charge < -0.3 is 4.90 Å². The van der Waals surface area contributed by atoms with Gasteiger partial charge in [-0.05, 0) is 42.7 Å². The molecule has 0 aromatic carbocycles. The summed E-state index contributed by atoms with van der Waals surface area (Å²) >= 11 is 5.48. The molecule has 0 saturated heterocycles. The minimum absolute atomic E-state index is 0.133. The van der Waals surface area contributed by atoms with E-state index >= 15 is 0 Å². The average molecular weight is 228 g/mol. The van der Waals surface area contributed by atoms with Gasteiger partial charge in [0.15, 0.2) is 0 Å². The van der Waals surface area contributed by atoms with Crippen molar-refractivity contribution in [1.82, 2.24) is 4.90 Å². The van der Waals surface area contributed by atoms with Crippen molar-refractivity contribution < 1.29 is 0 Å². The summed E-state index contributed by atoms with van der Waals surface area (Å²) in [4.78, 5) is 6.23. The van der Waals surface area contributed by atoms with Crippen molar-refractivity contribution in [1.29, 1.82) is 5.41 Å². The molecule has 84 valence electrons. The van der Waals surface area contributed by atoms with Crippen LogP contribution in [0.4, 0.5) is 0 Å². The van der Waals surface area contributed by atoms with Gasteiger partial charge in [0.25, 0.3) is 0 Å². The average Bonchev–Trinajstić information content (AvgIpc) is 2.13. The Labute approximate surface area is 96.0 Å². The molecule has 4 heteroatoms. The molecular formula is C11H18ClN3. The third-order valence-electron chi connectivity index (χ3n) is 4.79. The van der Waals surface area contributed by atoms with Gasteiger partial charge in [-0.15, -0.1) is 0 Å². The molecule has 0 radical (unpaired) electrons. The molecule has 3 aliphatic rings. The number of aliphatic imine (C=N–C) groups is 1. The minimum atomic E-state index is -0.133. The summed E-state index contributed by atoms with van der Waals surface area (Å²) in [6, 6.07) is 0. The second-order valence-corrected chi connectivity index (χ2v) is 5.30. The van der Waals surface area contributed by atoms with Crippen LogP contribution in [-0.4, -0.2) is 28.6 Å². The van der Waals surface area contributed by atoms with Crippen LogP contribution in [0, 0.1) is 23.2 Å². The summed E-state index contributed by atoms with van der Waals surface area (Å²) in [5.41, 5.74) is 0.296. The first kappa shape index (κ1) is 10.9. The molecule has 0 unspecified atom stereocenters. The Morgan fingerprint density at radius 3 is 2.33 bits per heavy atom. The van der Waals surface area contributed by atoms with Gasteiger partial charge in [0, 0.05) is 12.6 Å². The van der Waals surface area contributed by atoms with Crippen molar-refractivity contribution in [3.63, 3.8) is 0 Å². The molecule has 0 spiro atoms. The van der Waals surface area contributed by atoms with E-state index in [9.17, 15) is 0 Å². The third kappa shape index (κ3) is 1.19. The molecule has 3 saturated carbocycles. The van der Waals surface area contributed by atoms with Crippen molar-refractivity contribution in [2.24, 2.45) is 22.7 Å². The number of nitrogens with one attached hydrogen (secondary N) is 1. The van der Waals surface area contributed by atoms with Crippen molar-refractivity contribution in [2.45, 2.75) is 32.7 Å². The van der Waals surface area contributed by atoms with Crippen LogP contribution in [0.3, 0.4) is 0 Å². The second kappa shape index (κ2) is 3.21. The highest BCUT2D eigenvalue weighted by atomic mass is 35.5. The topological polar surface area (TPSA) is 39.5 Å². The van der Waals surface area contributed by atoms with Gasteiger partial charge >= 0.3 is 0 Å². The molecule has 3 aliphatic carbocycles. The molecule has 0 aliphatic heterocycles. The lowest BCUT2D eigenvalue weighted by Gasteiger charge is -2.75. The van der Waals surface area contributed by atoms with Gasteiger partial charge in [0.05, 0.1) is 0 Å². The maximum absolute atomic E-state index is 7.16. The van der Waals surface area contributed by atoms with Crippen molar-refractivity contribution >= 4 is 22.7 Å². The van der Waals surface area contributed by atoms with Crippen molar-refractivity contribution in [3.05, 3.63) is 0 Å². The zero-order valence-corrected chi connectivity index (χ0v) is 10.5. The Bertz CT molecular complexity index is 327. The van der Waals surface area contributed by atoms with Gasteiger partial charge in [-0.25, -0.2) is 4.99 Å². The summed E-state index contributed by atoms with van der Waals surface area (Å²) in [7, 11) is 2.07. The number of hydrogen-bond donors (Lipinski definition) is 1. The van der Waals surface area contributed by atoms with E-state index in [4.69, 9.17) is 17.0 Å². The number of nitrogens with zero attached hydrogens (tertiary/aromatic N) is 2. The molecule has 0 aromatic heterocycles. The lowest BCUT2D eigenvalue weighted by molar-refractivity contribution is -0.230. The maximum atomic E-state index is 7.16. The Hall–Kier alpha value is -0.570. The van der Waals surface area contributed by atoms with Gasteiger partial charge in [0.2, 0.25) is 5.29 Å². The van der Waals surface area contributed by atoms with Crippen LogP contribution < -0.4 is 0 Å². The standard InChI is InChI=1S/C11H18ClN3/c1-6-9-5-11(6,7(9)2)15(4)8(3)14-10(12)13/h6-7,9,13H,5H2,1-4H3/b13-10?,14-8+/t6-,7-,9?,11?/m1/s1. The monoisotopic (exact) mass is 227 g/mol. The predicted molar refractivity (Wildman–Crippen MR) is 63.6 cm³/mol. The van der Waals surface area contributed by atoms with Crippen LogP contribution in [0.25, 0.3) is 0 Å². The zero-order valence-electron chi connectivity index (χ0n) is 9.71. The van der Waals surface area contributed by atoms with E-state index < -0.39 is 0 Å². The Kier molecular flexibility index (Phi) is 2.34. The molecule has 3 fully saturated rings. The van der Waals surface area contributed by atoms with Gasteiger partial charge in [-0.1, -0.05) is 13.8 Å². The van der Waals surface area contributed by atoms with Crippen LogP contribution in [0.15, 0.2) is 4.99 Å². The molecule has 0 heterocycles. The Morgan fingerprint density at radius 2 is 2.00 bits per heavy atom. The Morgan fingerprint density at radius 1 is 1.47 bits per heavy atom. The molecular weight excluding hydrogens is 210 g/mol. The van der Waals surface area contributed by atoms with E-state index in [1.54, 1.807) is 0 Å². The summed E-state index contributed by atoms with van der Waals surface area (Å²) < 4.78 is 0. The normalized spacial score (nSPS) is 43.0. The molecule has 15 heavy (non-hydrogen) atoms. The van der Waals surface area contributed by atoms with Crippen LogP contribution in [0.1, 0.15) is 27.2 Å². The summed E-state index contributed by atoms with van der Waals surface area (Å²) in [6.45, 7) is 6.55. The first-order valence-corrected chi connectivity index (χ1v) is 5.82. The van der Waals surface area contributed by atoms with E-state index in [1.165, 1.54) is 6.42 Å². The van der Waals surface area contributed by atoms with Crippen LogP contribution >= 0.6 is 11.6 Å². The summed E-state index contributed by atoms with van der Waals surface area (Å²) in [6.07, 6.45) is 1.27. The molecule has 0 amide bonds. The fourth-order valence-corrected chi connectivity index (χ4v) is 3.64. The van der Waals surface area contributed by atoms with Crippen LogP contribution in [0.5, 0.6) is 0 Å². The first-order valence-electron chi connectivity index (χ1n) is 5.44. The maximum Gasteiger partial charge on any atom is 0.216 e. The first-order chi connectivity index (χ1) is 6.91. The molecule has 2 atom stereocenters. The number of rotatable bonds is 1. The molecule has 3 rings (SSSR count). The Balaban J connectivity index is 2.15. The largest absolute Gasteiger partial charge is 0.357 e. The summed E-state index contributed by atoms with van der Waals surface area (Å²) in [5, 5.41) is 7.03.